The third-order valence-electron chi connectivity index (χ3n) is 3.76. The van der Waals surface area contributed by atoms with E-state index in [-0.39, 0.29) is 0 Å². The Morgan fingerprint density at radius 2 is 2.05 bits per heavy atom. The number of ether oxygens (including phenoxy) is 1. The highest BCUT2D eigenvalue weighted by molar-refractivity contribution is 5.43. The fourth-order valence-corrected chi connectivity index (χ4v) is 2.68. The van der Waals surface area contributed by atoms with Crippen molar-refractivity contribution in [1.82, 2.24) is 0 Å². The topological polar surface area (TPSA) is 29.5 Å². The van der Waals surface area contributed by atoms with E-state index in [9.17, 15) is 5.11 Å². The molecule has 1 aliphatic heterocycles. The summed E-state index contributed by atoms with van der Waals surface area (Å²) in [5.74, 6) is 0.958. The van der Waals surface area contributed by atoms with Gasteiger partial charge in [-0.05, 0) is 40.8 Å². The third kappa shape index (κ3) is 2.24. The molecule has 1 aliphatic rings. The third-order valence-corrected chi connectivity index (χ3v) is 3.76. The lowest BCUT2D eigenvalue weighted by Gasteiger charge is -2.16. The van der Waals surface area contributed by atoms with Crippen LogP contribution in [0.2, 0.25) is 0 Å². The molecule has 1 atom stereocenters. The molecule has 0 radical (unpaired) electrons. The average molecular weight is 254 g/mol. The lowest BCUT2D eigenvalue weighted by Crippen LogP contribution is -2.03. The molecule has 19 heavy (non-hydrogen) atoms. The van der Waals surface area contributed by atoms with Crippen LogP contribution in [0.25, 0.3) is 0 Å². The van der Waals surface area contributed by atoms with Gasteiger partial charge in [0, 0.05) is 6.42 Å². The molecule has 0 fully saturated rings. The minimum Gasteiger partial charge on any atom is -0.493 e. The summed E-state index contributed by atoms with van der Waals surface area (Å²) in [6, 6.07) is 14.1. The summed E-state index contributed by atoms with van der Waals surface area (Å²) < 4.78 is 5.50. The van der Waals surface area contributed by atoms with E-state index >= 15 is 0 Å². The Kier molecular flexibility index (Phi) is 3.26. The van der Waals surface area contributed by atoms with Gasteiger partial charge < -0.3 is 9.84 Å². The van der Waals surface area contributed by atoms with Crippen LogP contribution in [0.1, 0.15) is 35.3 Å². The summed E-state index contributed by atoms with van der Waals surface area (Å²) in [6.45, 7) is 2.86. The normalized spacial score (nSPS) is 14.8. The predicted molar refractivity (Wildman–Crippen MR) is 75.5 cm³/mol. The van der Waals surface area contributed by atoms with Crippen molar-refractivity contribution in [3.8, 4) is 5.75 Å². The zero-order valence-electron chi connectivity index (χ0n) is 11.1. The Bertz CT molecular complexity index is 590. The number of rotatable bonds is 3. The molecule has 0 saturated heterocycles. The molecular formula is C17H18O2. The van der Waals surface area contributed by atoms with Crippen LogP contribution >= 0.6 is 0 Å². The maximum Gasteiger partial charge on any atom is 0.122 e. The van der Waals surface area contributed by atoms with E-state index in [0.29, 0.717) is 0 Å². The molecular weight excluding hydrogens is 236 g/mol. The van der Waals surface area contributed by atoms with Gasteiger partial charge in [-0.3, -0.25) is 0 Å². The lowest BCUT2D eigenvalue weighted by molar-refractivity contribution is 0.219. The predicted octanol–water partition coefficient (Wildman–Crippen LogP) is 3.27. The molecule has 2 nitrogen and oxygen atoms in total. The number of aliphatic hydroxyl groups excluding tert-OH is 1. The van der Waals surface area contributed by atoms with Gasteiger partial charge in [0.15, 0.2) is 0 Å². The molecule has 0 spiro atoms. The molecule has 98 valence electrons. The van der Waals surface area contributed by atoms with E-state index in [2.05, 4.69) is 19.1 Å². The van der Waals surface area contributed by atoms with Crippen LogP contribution in [-0.2, 0) is 12.8 Å². The summed E-state index contributed by atoms with van der Waals surface area (Å²) in [4.78, 5) is 0. The number of hydrogen-bond acceptors (Lipinski definition) is 2. The van der Waals surface area contributed by atoms with E-state index in [1.165, 1.54) is 11.1 Å². The van der Waals surface area contributed by atoms with Gasteiger partial charge in [-0.15, -0.1) is 0 Å². The zero-order valence-corrected chi connectivity index (χ0v) is 11.1. The largest absolute Gasteiger partial charge is 0.493 e. The van der Waals surface area contributed by atoms with Crippen molar-refractivity contribution in [3.05, 3.63) is 64.7 Å². The van der Waals surface area contributed by atoms with E-state index < -0.39 is 6.10 Å². The van der Waals surface area contributed by atoms with Crippen LogP contribution in [0.4, 0.5) is 0 Å². The minimum atomic E-state index is -0.554. The second-order valence-electron chi connectivity index (χ2n) is 4.92. The lowest BCUT2D eigenvalue weighted by atomic mass is 9.94. The molecule has 1 N–H and O–H groups in total. The van der Waals surface area contributed by atoms with Crippen LogP contribution in [0.15, 0.2) is 42.5 Å². The van der Waals surface area contributed by atoms with Crippen molar-refractivity contribution < 1.29 is 9.84 Å². The van der Waals surface area contributed by atoms with E-state index in [1.807, 2.05) is 30.3 Å². The van der Waals surface area contributed by atoms with Crippen molar-refractivity contribution in [2.75, 3.05) is 6.61 Å². The van der Waals surface area contributed by atoms with Gasteiger partial charge >= 0.3 is 0 Å². The van der Waals surface area contributed by atoms with Crippen LogP contribution in [0.5, 0.6) is 5.75 Å². The van der Waals surface area contributed by atoms with Crippen molar-refractivity contribution in [3.63, 3.8) is 0 Å². The SMILES string of the molecule is CCc1ccccc1C(O)c1ccc2c(c1)CCO2. The minimum absolute atomic E-state index is 0.554. The maximum atomic E-state index is 10.6. The first-order chi connectivity index (χ1) is 9.29. The first kappa shape index (κ1) is 12.2. The highest BCUT2D eigenvalue weighted by Crippen LogP contribution is 2.31. The van der Waals surface area contributed by atoms with E-state index in [4.69, 9.17) is 4.74 Å². The molecule has 0 amide bonds. The molecule has 2 aromatic rings. The maximum absolute atomic E-state index is 10.6. The summed E-state index contributed by atoms with van der Waals surface area (Å²) in [5, 5.41) is 10.6. The Hall–Kier alpha value is -1.80. The van der Waals surface area contributed by atoms with Crippen LogP contribution in [-0.4, -0.2) is 11.7 Å². The average Bonchev–Trinajstić information content (AvgIpc) is 2.93. The van der Waals surface area contributed by atoms with Gasteiger partial charge in [-0.25, -0.2) is 0 Å². The molecule has 2 aromatic carbocycles. The Labute approximate surface area is 113 Å². The zero-order chi connectivity index (χ0) is 13.2. The van der Waals surface area contributed by atoms with Crippen molar-refractivity contribution in [2.24, 2.45) is 0 Å². The number of benzene rings is 2. The fourth-order valence-electron chi connectivity index (χ4n) is 2.68. The monoisotopic (exact) mass is 254 g/mol. The van der Waals surface area contributed by atoms with E-state index in [1.54, 1.807) is 0 Å². The van der Waals surface area contributed by atoms with Gasteiger partial charge in [0.1, 0.15) is 11.9 Å². The highest BCUT2D eigenvalue weighted by atomic mass is 16.5. The summed E-state index contributed by atoms with van der Waals surface area (Å²) >= 11 is 0. The second-order valence-corrected chi connectivity index (χ2v) is 4.92. The number of fused-ring (bicyclic) bond motifs is 1. The highest BCUT2D eigenvalue weighted by Gasteiger charge is 2.17. The standard InChI is InChI=1S/C17H18O2/c1-2-12-5-3-4-6-15(12)17(18)14-7-8-16-13(11-14)9-10-19-16/h3-8,11,17-18H,2,9-10H2,1H3. The van der Waals surface area contributed by atoms with Crippen molar-refractivity contribution in [1.29, 1.82) is 0 Å². The molecule has 1 unspecified atom stereocenters. The Morgan fingerprint density at radius 1 is 1.21 bits per heavy atom. The second kappa shape index (κ2) is 5.06. The van der Waals surface area contributed by atoms with Crippen LogP contribution < -0.4 is 4.74 Å². The summed E-state index contributed by atoms with van der Waals surface area (Å²) in [7, 11) is 0. The van der Waals surface area contributed by atoms with Crippen LogP contribution in [0.3, 0.4) is 0 Å². The fraction of sp³-hybridized carbons (Fsp3) is 0.294. The Balaban J connectivity index is 1.97. The van der Waals surface area contributed by atoms with Gasteiger partial charge in [-0.1, -0.05) is 37.3 Å². The molecule has 0 aliphatic carbocycles. The first-order valence-electron chi connectivity index (χ1n) is 6.81. The van der Waals surface area contributed by atoms with Crippen molar-refractivity contribution >= 4 is 0 Å². The molecule has 2 heteroatoms. The molecule has 0 saturated carbocycles. The quantitative estimate of drug-likeness (QED) is 0.911. The van der Waals surface area contributed by atoms with Gasteiger partial charge in [-0.2, -0.15) is 0 Å². The van der Waals surface area contributed by atoms with E-state index in [0.717, 1.165) is 36.3 Å². The van der Waals surface area contributed by atoms with Gasteiger partial charge in [0.25, 0.3) is 0 Å². The molecule has 0 aromatic heterocycles. The van der Waals surface area contributed by atoms with Crippen molar-refractivity contribution in [2.45, 2.75) is 25.9 Å². The number of aryl methyl sites for hydroxylation is 1. The first-order valence-corrected chi connectivity index (χ1v) is 6.81. The molecule has 3 rings (SSSR count). The van der Waals surface area contributed by atoms with Crippen LogP contribution in [0, 0.1) is 0 Å². The van der Waals surface area contributed by atoms with Gasteiger partial charge in [0.05, 0.1) is 6.61 Å². The van der Waals surface area contributed by atoms with Gasteiger partial charge in [0.2, 0.25) is 0 Å². The summed E-state index contributed by atoms with van der Waals surface area (Å²) in [6.07, 6.45) is 1.31. The summed E-state index contributed by atoms with van der Waals surface area (Å²) in [5.41, 5.74) is 4.35. The smallest absolute Gasteiger partial charge is 0.122 e. The Morgan fingerprint density at radius 3 is 2.89 bits per heavy atom. The molecule has 0 bridgehead atoms. The molecule has 1 heterocycles. The number of hydrogen-bond donors (Lipinski definition) is 1. The number of aliphatic hydroxyl groups is 1.